The largest absolute Gasteiger partial charge is 0.493 e. The van der Waals surface area contributed by atoms with Crippen molar-refractivity contribution < 1.29 is 23.1 Å². The minimum absolute atomic E-state index is 0.155. The van der Waals surface area contributed by atoms with Crippen LogP contribution < -0.4 is 15.0 Å². The van der Waals surface area contributed by atoms with Crippen molar-refractivity contribution in [1.82, 2.24) is 14.7 Å². The molecule has 0 amide bonds. The van der Waals surface area contributed by atoms with Crippen LogP contribution in [0.15, 0.2) is 27.9 Å². The highest BCUT2D eigenvalue weighted by molar-refractivity contribution is 7.89. The number of aromatic nitrogens is 2. The first-order valence-corrected chi connectivity index (χ1v) is 12.5. The SMILES string of the molecule is CCCOc1ccc(S(=O)(=O)NC(C(=O)O)C(C)(C)C)cc1-c1nc(CC)c(CC)c(=O)[nH]1. The van der Waals surface area contributed by atoms with Crippen LogP contribution in [-0.2, 0) is 27.7 Å². The smallest absolute Gasteiger partial charge is 0.322 e. The van der Waals surface area contributed by atoms with E-state index in [1.807, 2.05) is 20.8 Å². The standard InChI is InChI=1S/C23H33N3O6S/c1-7-12-32-18-11-10-14(33(30,31)26-19(22(28)29)23(4,5)6)13-16(18)20-24-17(9-3)15(8-2)21(27)25-20/h10-11,13,19,26H,7-9,12H2,1-6H3,(H,28,29)(H,24,25,27). The van der Waals surface area contributed by atoms with Gasteiger partial charge in [-0.3, -0.25) is 9.59 Å². The molecule has 0 radical (unpaired) electrons. The third-order valence-electron chi connectivity index (χ3n) is 5.15. The summed E-state index contributed by atoms with van der Waals surface area (Å²) in [5.74, 6) is -0.707. The third kappa shape index (κ3) is 6.20. The van der Waals surface area contributed by atoms with Crippen molar-refractivity contribution >= 4 is 16.0 Å². The molecule has 0 aliphatic rings. The Kier molecular flexibility index (Phi) is 8.42. The normalized spacial score (nSPS) is 13.0. The Balaban J connectivity index is 2.66. The number of nitrogens with one attached hydrogen (secondary N) is 2. The molecule has 10 heteroatoms. The number of hydrogen-bond donors (Lipinski definition) is 3. The summed E-state index contributed by atoms with van der Waals surface area (Å²) in [6.07, 6.45) is 1.79. The maximum Gasteiger partial charge on any atom is 0.322 e. The lowest BCUT2D eigenvalue weighted by Gasteiger charge is -2.27. The average Bonchev–Trinajstić information content (AvgIpc) is 2.74. The predicted molar refractivity (Wildman–Crippen MR) is 126 cm³/mol. The highest BCUT2D eigenvalue weighted by Crippen LogP contribution is 2.31. The highest BCUT2D eigenvalue weighted by atomic mass is 32.2. The molecule has 3 N–H and O–H groups in total. The van der Waals surface area contributed by atoms with Gasteiger partial charge in [0.15, 0.2) is 0 Å². The molecule has 0 aliphatic heterocycles. The second-order valence-electron chi connectivity index (χ2n) is 8.81. The number of aryl methyl sites for hydroxylation is 1. The first-order chi connectivity index (χ1) is 15.3. The molecule has 0 saturated carbocycles. The number of hydrogen-bond acceptors (Lipinski definition) is 6. The van der Waals surface area contributed by atoms with Crippen molar-refractivity contribution in [3.63, 3.8) is 0 Å². The molecule has 1 heterocycles. The zero-order valence-electron chi connectivity index (χ0n) is 20.0. The number of sulfonamides is 1. The summed E-state index contributed by atoms with van der Waals surface area (Å²) in [4.78, 5) is 31.5. The van der Waals surface area contributed by atoms with Gasteiger partial charge in [0.1, 0.15) is 17.6 Å². The molecule has 9 nitrogen and oxygen atoms in total. The second kappa shape index (κ2) is 10.5. The number of ether oxygens (including phenoxy) is 1. The lowest BCUT2D eigenvalue weighted by atomic mass is 9.88. The summed E-state index contributed by atoms with van der Waals surface area (Å²) in [5.41, 5.74) is 0.374. The minimum Gasteiger partial charge on any atom is -0.493 e. The molecular formula is C23H33N3O6S. The molecule has 0 fully saturated rings. The van der Waals surface area contributed by atoms with Crippen LogP contribution in [0.2, 0.25) is 0 Å². The Hall–Kier alpha value is -2.72. The van der Waals surface area contributed by atoms with Crippen LogP contribution >= 0.6 is 0 Å². The lowest BCUT2D eigenvalue weighted by molar-refractivity contribution is -0.141. The van der Waals surface area contributed by atoms with E-state index in [2.05, 4.69) is 14.7 Å². The number of aliphatic carboxylic acids is 1. The Morgan fingerprint density at radius 3 is 2.39 bits per heavy atom. The molecule has 182 valence electrons. The van der Waals surface area contributed by atoms with E-state index in [-0.39, 0.29) is 16.3 Å². The van der Waals surface area contributed by atoms with Gasteiger partial charge in [0.05, 0.1) is 22.8 Å². The van der Waals surface area contributed by atoms with Crippen molar-refractivity contribution in [1.29, 1.82) is 0 Å². The fraction of sp³-hybridized carbons (Fsp3) is 0.522. The molecule has 0 bridgehead atoms. The van der Waals surface area contributed by atoms with Gasteiger partial charge in [-0.05, 0) is 42.9 Å². The molecule has 1 aromatic carbocycles. The number of H-pyrrole nitrogens is 1. The van der Waals surface area contributed by atoms with Crippen LogP contribution in [-0.4, -0.2) is 42.1 Å². The predicted octanol–water partition coefficient (Wildman–Crippen LogP) is 3.13. The maximum atomic E-state index is 13.1. The molecule has 33 heavy (non-hydrogen) atoms. The van der Waals surface area contributed by atoms with Crippen LogP contribution in [0.1, 0.15) is 59.2 Å². The van der Waals surface area contributed by atoms with Crippen LogP contribution in [0.5, 0.6) is 5.75 Å². The first kappa shape index (κ1) is 26.5. The molecule has 1 atom stereocenters. The van der Waals surface area contributed by atoms with E-state index in [4.69, 9.17) is 4.74 Å². The number of carboxylic acid groups (broad SMARTS) is 1. The molecular weight excluding hydrogens is 446 g/mol. The fourth-order valence-corrected chi connectivity index (χ4v) is 4.77. The van der Waals surface area contributed by atoms with Crippen molar-refractivity contribution in [2.24, 2.45) is 5.41 Å². The Morgan fingerprint density at radius 2 is 1.88 bits per heavy atom. The monoisotopic (exact) mass is 479 g/mol. The van der Waals surface area contributed by atoms with Gasteiger partial charge < -0.3 is 14.8 Å². The van der Waals surface area contributed by atoms with Gasteiger partial charge in [0, 0.05) is 5.56 Å². The van der Waals surface area contributed by atoms with Crippen molar-refractivity contribution in [2.45, 2.75) is 71.7 Å². The van der Waals surface area contributed by atoms with E-state index < -0.39 is 27.4 Å². The lowest BCUT2D eigenvalue weighted by Crippen LogP contribution is -2.48. The number of aromatic amines is 1. The highest BCUT2D eigenvalue weighted by Gasteiger charge is 2.35. The van der Waals surface area contributed by atoms with Gasteiger partial charge in [-0.1, -0.05) is 41.5 Å². The van der Waals surface area contributed by atoms with E-state index in [0.717, 1.165) is 6.42 Å². The average molecular weight is 480 g/mol. The van der Waals surface area contributed by atoms with Gasteiger partial charge in [-0.2, -0.15) is 4.72 Å². The van der Waals surface area contributed by atoms with Crippen molar-refractivity contribution in [3.8, 4) is 17.1 Å². The summed E-state index contributed by atoms with van der Waals surface area (Å²) in [7, 11) is -4.20. The van der Waals surface area contributed by atoms with E-state index in [9.17, 15) is 23.1 Å². The quantitative estimate of drug-likeness (QED) is 0.476. The Morgan fingerprint density at radius 1 is 1.21 bits per heavy atom. The van der Waals surface area contributed by atoms with Gasteiger partial charge in [0.2, 0.25) is 10.0 Å². The Bertz CT molecular complexity index is 1170. The van der Waals surface area contributed by atoms with E-state index in [1.165, 1.54) is 18.2 Å². The zero-order chi connectivity index (χ0) is 25.0. The minimum atomic E-state index is -4.20. The number of rotatable bonds is 10. The molecule has 1 aromatic heterocycles. The summed E-state index contributed by atoms with van der Waals surface area (Å²) in [6, 6.07) is 2.84. The van der Waals surface area contributed by atoms with Crippen LogP contribution in [0.4, 0.5) is 0 Å². The van der Waals surface area contributed by atoms with E-state index in [0.29, 0.717) is 42.0 Å². The number of carbonyl (C=O) groups is 1. The molecule has 0 spiro atoms. The van der Waals surface area contributed by atoms with Gasteiger partial charge >= 0.3 is 5.97 Å². The summed E-state index contributed by atoms with van der Waals surface area (Å²) < 4.78 is 34.2. The summed E-state index contributed by atoms with van der Waals surface area (Å²) >= 11 is 0. The fourth-order valence-electron chi connectivity index (χ4n) is 3.35. The van der Waals surface area contributed by atoms with Gasteiger partial charge in [0.25, 0.3) is 5.56 Å². The molecule has 0 aliphatic carbocycles. The summed E-state index contributed by atoms with van der Waals surface area (Å²) in [5, 5.41) is 9.53. The van der Waals surface area contributed by atoms with E-state index >= 15 is 0 Å². The van der Waals surface area contributed by atoms with Crippen LogP contribution in [0.25, 0.3) is 11.4 Å². The molecule has 2 aromatic rings. The van der Waals surface area contributed by atoms with Gasteiger partial charge in [-0.15, -0.1) is 0 Å². The number of benzene rings is 1. The number of carboxylic acids is 1. The van der Waals surface area contributed by atoms with Crippen LogP contribution in [0, 0.1) is 5.41 Å². The molecule has 2 rings (SSSR count). The van der Waals surface area contributed by atoms with E-state index in [1.54, 1.807) is 20.8 Å². The van der Waals surface area contributed by atoms with Crippen molar-refractivity contribution in [3.05, 3.63) is 39.8 Å². The molecule has 1 unspecified atom stereocenters. The zero-order valence-corrected chi connectivity index (χ0v) is 20.8. The first-order valence-electron chi connectivity index (χ1n) is 11.0. The Labute approximate surface area is 194 Å². The summed E-state index contributed by atoms with van der Waals surface area (Å²) in [6.45, 7) is 11.0. The molecule has 0 saturated heterocycles. The third-order valence-corrected chi connectivity index (χ3v) is 6.57. The van der Waals surface area contributed by atoms with Crippen LogP contribution in [0.3, 0.4) is 0 Å². The van der Waals surface area contributed by atoms with Gasteiger partial charge in [-0.25, -0.2) is 13.4 Å². The topological polar surface area (TPSA) is 138 Å². The van der Waals surface area contributed by atoms with Crippen molar-refractivity contribution in [2.75, 3.05) is 6.61 Å². The maximum absolute atomic E-state index is 13.1. The number of nitrogens with zero attached hydrogens (tertiary/aromatic N) is 1. The second-order valence-corrected chi connectivity index (χ2v) is 10.5.